The van der Waals surface area contributed by atoms with E-state index in [1.165, 1.54) is 16.4 Å². The fourth-order valence-corrected chi connectivity index (χ4v) is 6.25. The van der Waals surface area contributed by atoms with Crippen LogP contribution in [-0.4, -0.2) is 86.0 Å². The van der Waals surface area contributed by atoms with Crippen LogP contribution in [-0.2, 0) is 14.8 Å². The number of benzene rings is 1. The lowest BCUT2D eigenvalue weighted by Crippen LogP contribution is -2.48. The maximum atomic E-state index is 13.0. The first-order chi connectivity index (χ1) is 15.5. The first kappa shape index (κ1) is 21.3. The number of carbonyl (C=O) groups is 1. The van der Waals surface area contributed by atoms with Crippen LogP contribution in [0, 0.1) is 0 Å². The van der Waals surface area contributed by atoms with Gasteiger partial charge in [0.2, 0.25) is 10.0 Å². The van der Waals surface area contributed by atoms with Gasteiger partial charge in [0.05, 0.1) is 18.1 Å². The van der Waals surface area contributed by atoms with Crippen molar-refractivity contribution in [2.24, 2.45) is 0 Å². The van der Waals surface area contributed by atoms with Gasteiger partial charge in [-0.1, -0.05) is 11.3 Å². The number of carbonyl (C=O) groups excluding carboxylic acids is 1. The van der Waals surface area contributed by atoms with Gasteiger partial charge >= 0.3 is 0 Å². The van der Waals surface area contributed by atoms with E-state index in [9.17, 15) is 13.2 Å². The number of anilines is 1. The Morgan fingerprint density at radius 2 is 1.69 bits per heavy atom. The molecule has 0 unspecified atom stereocenters. The standard InChI is InChI=1S/C21H23N5O4S2/c27-20(16-3-5-17(6-4-16)32(28,29)26-12-14-30-15-13-26)24-8-10-25(11-9-24)21-23-18-2-1-7-22-19(18)31-21/h1-7H,8-15H2. The third kappa shape index (κ3) is 4.08. The molecule has 3 aromatic rings. The summed E-state index contributed by atoms with van der Waals surface area (Å²) in [6.45, 7) is 4.02. The van der Waals surface area contributed by atoms with E-state index >= 15 is 0 Å². The quantitative estimate of drug-likeness (QED) is 0.569. The topological polar surface area (TPSA) is 95.9 Å². The van der Waals surface area contributed by atoms with Gasteiger partial charge in [-0.3, -0.25) is 4.79 Å². The zero-order valence-electron chi connectivity index (χ0n) is 17.4. The molecular weight excluding hydrogens is 450 g/mol. The first-order valence-corrected chi connectivity index (χ1v) is 12.7. The van der Waals surface area contributed by atoms with Gasteiger partial charge < -0.3 is 14.5 Å². The maximum absolute atomic E-state index is 13.0. The molecule has 11 heteroatoms. The van der Waals surface area contributed by atoms with Crippen molar-refractivity contribution in [1.29, 1.82) is 0 Å². The summed E-state index contributed by atoms with van der Waals surface area (Å²) < 4.78 is 32.2. The molecule has 0 radical (unpaired) electrons. The number of fused-ring (bicyclic) bond motifs is 1. The zero-order chi connectivity index (χ0) is 22.1. The molecule has 1 aromatic carbocycles. The summed E-state index contributed by atoms with van der Waals surface area (Å²) in [5.74, 6) is -0.0917. The van der Waals surface area contributed by atoms with Crippen molar-refractivity contribution in [2.75, 3.05) is 57.4 Å². The minimum Gasteiger partial charge on any atom is -0.379 e. The number of aromatic nitrogens is 2. The largest absolute Gasteiger partial charge is 0.379 e. The Morgan fingerprint density at radius 1 is 0.969 bits per heavy atom. The number of thiazole rings is 1. The highest BCUT2D eigenvalue weighted by atomic mass is 32.2. The fraction of sp³-hybridized carbons (Fsp3) is 0.381. The maximum Gasteiger partial charge on any atom is 0.253 e. The summed E-state index contributed by atoms with van der Waals surface area (Å²) >= 11 is 1.56. The zero-order valence-corrected chi connectivity index (χ0v) is 19.0. The van der Waals surface area contributed by atoms with Crippen LogP contribution in [0.5, 0.6) is 0 Å². The van der Waals surface area contributed by atoms with Gasteiger partial charge in [0.15, 0.2) is 5.13 Å². The highest BCUT2D eigenvalue weighted by Gasteiger charge is 2.28. The third-order valence-corrected chi connectivity index (χ3v) is 8.65. The smallest absolute Gasteiger partial charge is 0.253 e. The Balaban J connectivity index is 1.23. The number of rotatable bonds is 4. The van der Waals surface area contributed by atoms with Crippen molar-refractivity contribution in [2.45, 2.75) is 4.90 Å². The van der Waals surface area contributed by atoms with Crippen molar-refractivity contribution >= 4 is 42.7 Å². The highest BCUT2D eigenvalue weighted by Crippen LogP contribution is 2.28. The lowest BCUT2D eigenvalue weighted by atomic mass is 10.2. The Hall–Kier alpha value is -2.60. The second kappa shape index (κ2) is 8.74. The van der Waals surface area contributed by atoms with Gasteiger partial charge in [-0.25, -0.2) is 18.4 Å². The van der Waals surface area contributed by atoms with Crippen LogP contribution in [0.2, 0.25) is 0 Å². The Kier molecular flexibility index (Phi) is 5.80. The molecule has 0 bridgehead atoms. The molecule has 2 aliphatic rings. The molecule has 2 aliphatic heterocycles. The van der Waals surface area contributed by atoms with E-state index in [1.54, 1.807) is 34.6 Å². The molecular formula is C21H23N5O4S2. The number of hydrogen-bond donors (Lipinski definition) is 0. The number of ether oxygens (including phenoxy) is 1. The second-order valence-electron chi connectivity index (χ2n) is 7.64. The molecule has 1 amide bonds. The molecule has 2 saturated heterocycles. The van der Waals surface area contributed by atoms with Gasteiger partial charge in [-0.15, -0.1) is 0 Å². The first-order valence-electron chi connectivity index (χ1n) is 10.5. The van der Waals surface area contributed by atoms with Gasteiger partial charge in [0, 0.05) is 51.0 Å². The van der Waals surface area contributed by atoms with Crippen molar-refractivity contribution in [3.63, 3.8) is 0 Å². The molecule has 168 valence electrons. The Bertz CT molecular complexity index is 1180. The van der Waals surface area contributed by atoms with Crippen molar-refractivity contribution in [1.82, 2.24) is 19.2 Å². The van der Waals surface area contributed by atoms with Crippen LogP contribution in [0.1, 0.15) is 10.4 Å². The molecule has 0 aliphatic carbocycles. The summed E-state index contributed by atoms with van der Waals surface area (Å²) in [5, 5.41) is 0.920. The Labute approximate surface area is 190 Å². The molecule has 0 N–H and O–H groups in total. The summed E-state index contributed by atoms with van der Waals surface area (Å²) in [5.41, 5.74) is 1.38. The van der Waals surface area contributed by atoms with Crippen molar-refractivity contribution in [3.05, 3.63) is 48.2 Å². The minimum absolute atomic E-state index is 0.0917. The van der Waals surface area contributed by atoms with Gasteiger partial charge in [-0.2, -0.15) is 4.31 Å². The lowest BCUT2D eigenvalue weighted by Gasteiger charge is -2.34. The van der Waals surface area contributed by atoms with E-state index in [1.807, 2.05) is 12.1 Å². The fourth-order valence-electron chi connectivity index (χ4n) is 3.88. The Morgan fingerprint density at radius 3 is 2.38 bits per heavy atom. The predicted octanol–water partition coefficient (Wildman–Crippen LogP) is 1.67. The number of morpholine rings is 1. The summed E-state index contributed by atoms with van der Waals surface area (Å²) in [6.07, 6.45) is 1.76. The van der Waals surface area contributed by atoms with Crippen LogP contribution in [0.3, 0.4) is 0 Å². The number of sulfonamides is 1. The molecule has 2 fully saturated rings. The molecule has 0 saturated carbocycles. The number of pyridine rings is 1. The minimum atomic E-state index is -3.57. The van der Waals surface area contributed by atoms with Crippen LogP contribution < -0.4 is 4.90 Å². The molecule has 9 nitrogen and oxygen atoms in total. The SMILES string of the molecule is O=C(c1ccc(S(=O)(=O)N2CCOCC2)cc1)N1CCN(c2nc3cccnc3s2)CC1. The van der Waals surface area contributed by atoms with Crippen LogP contribution >= 0.6 is 11.3 Å². The lowest BCUT2D eigenvalue weighted by molar-refractivity contribution is 0.0730. The number of hydrogen-bond acceptors (Lipinski definition) is 8. The van der Waals surface area contributed by atoms with E-state index in [2.05, 4.69) is 14.9 Å². The van der Waals surface area contributed by atoms with E-state index in [0.29, 0.717) is 58.0 Å². The number of piperazine rings is 1. The van der Waals surface area contributed by atoms with Crippen LogP contribution in [0.15, 0.2) is 47.5 Å². The monoisotopic (exact) mass is 473 g/mol. The van der Waals surface area contributed by atoms with Crippen LogP contribution in [0.25, 0.3) is 10.3 Å². The number of nitrogens with zero attached hydrogens (tertiary/aromatic N) is 5. The van der Waals surface area contributed by atoms with Crippen molar-refractivity contribution in [3.8, 4) is 0 Å². The molecule has 5 rings (SSSR count). The summed E-state index contributed by atoms with van der Waals surface area (Å²) in [4.78, 5) is 27.0. The van der Waals surface area contributed by atoms with E-state index in [4.69, 9.17) is 4.74 Å². The summed E-state index contributed by atoms with van der Waals surface area (Å²) in [6, 6.07) is 10.1. The van der Waals surface area contributed by atoms with Gasteiger partial charge in [0.1, 0.15) is 10.3 Å². The molecule has 4 heterocycles. The highest BCUT2D eigenvalue weighted by molar-refractivity contribution is 7.89. The van der Waals surface area contributed by atoms with Crippen molar-refractivity contribution < 1.29 is 17.9 Å². The van der Waals surface area contributed by atoms with E-state index < -0.39 is 10.0 Å². The average Bonchev–Trinajstić information content (AvgIpc) is 3.29. The van der Waals surface area contributed by atoms with E-state index in [-0.39, 0.29) is 10.8 Å². The molecule has 0 spiro atoms. The summed E-state index contributed by atoms with van der Waals surface area (Å²) in [7, 11) is -3.57. The predicted molar refractivity (Wildman–Crippen MR) is 122 cm³/mol. The van der Waals surface area contributed by atoms with Gasteiger partial charge in [-0.05, 0) is 36.4 Å². The van der Waals surface area contributed by atoms with Crippen LogP contribution in [0.4, 0.5) is 5.13 Å². The molecule has 32 heavy (non-hydrogen) atoms. The normalized spacial score (nSPS) is 18.2. The average molecular weight is 474 g/mol. The number of amides is 1. The second-order valence-corrected chi connectivity index (χ2v) is 10.5. The van der Waals surface area contributed by atoms with Gasteiger partial charge in [0.25, 0.3) is 5.91 Å². The molecule has 2 aromatic heterocycles. The van der Waals surface area contributed by atoms with E-state index in [0.717, 1.165) is 15.5 Å². The molecule has 0 atom stereocenters. The third-order valence-electron chi connectivity index (χ3n) is 5.70.